The van der Waals surface area contributed by atoms with E-state index in [9.17, 15) is 0 Å². The van der Waals surface area contributed by atoms with Crippen LogP contribution in [0.1, 0.15) is 37.7 Å². The maximum atomic E-state index is 4.08. The summed E-state index contributed by atoms with van der Waals surface area (Å²) in [6.07, 6.45) is 12.9. The molecule has 0 saturated heterocycles. The minimum atomic E-state index is 0.759. The third kappa shape index (κ3) is 1.68. The van der Waals surface area contributed by atoms with E-state index >= 15 is 0 Å². The van der Waals surface area contributed by atoms with E-state index in [4.69, 9.17) is 0 Å². The zero-order valence-corrected chi connectivity index (χ0v) is 10.8. The van der Waals surface area contributed by atoms with Crippen LogP contribution in [0, 0.1) is 23.7 Å². The van der Waals surface area contributed by atoms with Crippen molar-refractivity contribution in [3.05, 3.63) is 24.3 Å². The van der Waals surface area contributed by atoms with Crippen LogP contribution in [0.25, 0.3) is 0 Å². The first-order valence-corrected chi connectivity index (χ1v) is 7.39. The highest BCUT2D eigenvalue weighted by molar-refractivity contribution is 5.07. The fraction of sp³-hybridized carbons (Fsp3) is 0.733. The molecular formula is C15H21N3. The Kier molecular flexibility index (Phi) is 2.61. The van der Waals surface area contributed by atoms with Crippen LogP contribution in [-0.4, -0.2) is 16.0 Å². The molecule has 3 aliphatic carbocycles. The summed E-state index contributed by atoms with van der Waals surface area (Å²) in [6, 6.07) is 0.759. The number of fused-ring (bicyclic) bond motifs is 5. The maximum Gasteiger partial charge on any atom is 0.115 e. The molecule has 1 heterocycles. The van der Waals surface area contributed by atoms with Crippen molar-refractivity contribution < 1.29 is 0 Å². The second kappa shape index (κ2) is 4.30. The summed E-state index contributed by atoms with van der Waals surface area (Å²) in [5, 5.41) is 3.76. The molecule has 3 aliphatic rings. The van der Waals surface area contributed by atoms with Crippen molar-refractivity contribution in [1.29, 1.82) is 0 Å². The highest BCUT2D eigenvalue weighted by atomic mass is 14.9. The summed E-state index contributed by atoms with van der Waals surface area (Å²) < 4.78 is 0. The molecule has 3 heteroatoms. The Bertz CT molecular complexity index is 419. The summed E-state index contributed by atoms with van der Waals surface area (Å²) >= 11 is 0. The number of aromatic nitrogens is 2. The fourth-order valence-corrected chi connectivity index (χ4v) is 4.97. The maximum absolute atomic E-state index is 4.08. The SMILES string of the molecule is c1ncc(CN[C@@H]2C[C@@H]3C[C@H]2[C@@H]2CCC[C@H]32)cn1. The Hall–Kier alpha value is -0.960. The van der Waals surface area contributed by atoms with Crippen molar-refractivity contribution in [1.82, 2.24) is 15.3 Å². The lowest BCUT2D eigenvalue weighted by Crippen LogP contribution is -2.38. The van der Waals surface area contributed by atoms with Gasteiger partial charge in [0, 0.05) is 30.5 Å². The Morgan fingerprint density at radius 3 is 2.78 bits per heavy atom. The first kappa shape index (κ1) is 10.9. The van der Waals surface area contributed by atoms with Crippen LogP contribution in [0.15, 0.2) is 18.7 Å². The Morgan fingerprint density at radius 2 is 1.89 bits per heavy atom. The number of nitrogens with zero attached hydrogens (tertiary/aromatic N) is 2. The molecule has 0 amide bonds. The van der Waals surface area contributed by atoms with Gasteiger partial charge in [-0.1, -0.05) is 6.42 Å². The summed E-state index contributed by atoms with van der Waals surface area (Å²) in [6.45, 7) is 0.937. The van der Waals surface area contributed by atoms with Gasteiger partial charge in [-0.05, 0) is 49.4 Å². The molecule has 0 radical (unpaired) electrons. The normalized spacial score (nSPS) is 41.2. The van der Waals surface area contributed by atoms with E-state index < -0.39 is 0 Å². The van der Waals surface area contributed by atoms with E-state index in [1.807, 2.05) is 12.4 Å². The summed E-state index contributed by atoms with van der Waals surface area (Å²) in [7, 11) is 0. The zero-order valence-electron chi connectivity index (χ0n) is 10.8. The molecule has 1 aromatic rings. The molecule has 3 nitrogen and oxygen atoms in total. The minimum Gasteiger partial charge on any atom is -0.310 e. The topological polar surface area (TPSA) is 37.8 Å². The van der Waals surface area contributed by atoms with E-state index in [2.05, 4.69) is 15.3 Å². The van der Waals surface area contributed by atoms with Crippen molar-refractivity contribution in [3.8, 4) is 0 Å². The van der Waals surface area contributed by atoms with Crippen LogP contribution < -0.4 is 5.32 Å². The molecule has 0 aromatic carbocycles. The molecule has 5 atom stereocenters. The predicted octanol–water partition coefficient (Wildman–Crippen LogP) is 2.39. The van der Waals surface area contributed by atoms with Crippen LogP contribution in [0.2, 0.25) is 0 Å². The zero-order chi connectivity index (χ0) is 11.9. The number of hydrogen-bond acceptors (Lipinski definition) is 3. The van der Waals surface area contributed by atoms with E-state index in [1.54, 1.807) is 6.33 Å². The molecule has 0 unspecified atom stereocenters. The van der Waals surface area contributed by atoms with Gasteiger partial charge in [0.05, 0.1) is 0 Å². The first-order chi connectivity index (χ1) is 8.92. The average Bonchev–Trinajstić information content (AvgIpc) is 3.09. The van der Waals surface area contributed by atoms with E-state index in [0.29, 0.717) is 0 Å². The molecule has 4 rings (SSSR count). The molecule has 1 N–H and O–H groups in total. The molecule has 96 valence electrons. The lowest BCUT2D eigenvalue weighted by Gasteiger charge is -2.32. The molecular weight excluding hydrogens is 222 g/mol. The van der Waals surface area contributed by atoms with Crippen LogP contribution in [-0.2, 0) is 6.54 Å². The van der Waals surface area contributed by atoms with Gasteiger partial charge in [-0.25, -0.2) is 9.97 Å². The standard InChI is InChI=1S/C15H21N3/c1-2-12-11-4-14(13(12)3-1)15(5-11)18-8-10-6-16-9-17-7-10/h6-7,9,11-15,18H,1-5,8H2/t11-,12+,13+,14-,15+/m0/s1. The third-order valence-corrected chi connectivity index (χ3v) is 5.61. The summed E-state index contributed by atoms with van der Waals surface area (Å²) in [5.41, 5.74) is 1.21. The van der Waals surface area contributed by atoms with Crippen molar-refractivity contribution in [2.24, 2.45) is 23.7 Å². The quantitative estimate of drug-likeness (QED) is 0.885. The molecule has 18 heavy (non-hydrogen) atoms. The van der Waals surface area contributed by atoms with Gasteiger partial charge in [0.2, 0.25) is 0 Å². The summed E-state index contributed by atoms with van der Waals surface area (Å²) in [4.78, 5) is 8.16. The van der Waals surface area contributed by atoms with Gasteiger partial charge in [-0.15, -0.1) is 0 Å². The van der Waals surface area contributed by atoms with Crippen LogP contribution in [0.4, 0.5) is 0 Å². The third-order valence-electron chi connectivity index (χ3n) is 5.61. The highest BCUT2D eigenvalue weighted by Crippen LogP contribution is 2.58. The van der Waals surface area contributed by atoms with Crippen LogP contribution in [0.5, 0.6) is 0 Å². The molecule has 3 fully saturated rings. The van der Waals surface area contributed by atoms with Crippen molar-refractivity contribution in [3.63, 3.8) is 0 Å². The van der Waals surface area contributed by atoms with Crippen molar-refractivity contribution in [2.45, 2.75) is 44.7 Å². The second-order valence-electron chi connectivity index (χ2n) is 6.39. The van der Waals surface area contributed by atoms with Gasteiger partial charge in [0.1, 0.15) is 6.33 Å². The Morgan fingerprint density at radius 1 is 1.06 bits per heavy atom. The van der Waals surface area contributed by atoms with Crippen molar-refractivity contribution in [2.75, 3.05) is 0 Å². The van der Waals surface area contributed by atoms with Gasteiger partial charge in [0.15, 0.2) is 0 Å². The van der Waals surface area contributed by atoms with Crippen LogP contribution >= 0.6 is 0 Å². The molecule has 3 saturated carbocycles. The van der Waals surface area contributed by atoms with E-state index in [1.165, 1.54) is 37.7 Å². The van der Waals surface area contributed by atoms with Gasteiger partial charge in [0.25, 0.3) is 0 Å². The van der Waals surface area contributed by atoms with Gasteiger partial charge < -0.3 is 5.32 Å². The predicted molar refractivity (Wildman–Crippen MR) is 69.7 cm³/mol. The Labute approximate surface area is 108 Å². The molecule has 1 aromatic heterocycles. The summed E-state index contributed by atoms with van der Waals surface area (Å²) in [5.74, 6) is 4.14. The first-order valence-electron chi connectivity index (χ1n) is 7.39. The van der Waals surface area contributed by atoms with E-state index in [0.717, 1.165) is 36.3 Å². The average molecular weight is 243 g/mol. The lowest BCUT2D eigenvalue weighted by molar-refractivity contribution is 0.208. The van der Waals surface area contributed by atoms with E-state index in [-0.39, 0.29) is 0 Å². The molecule has 0 aliphatic heterocycles. The monoisotopic (exact) mass is 243 g/mol. The highest BCUT2D eigenvalue weighted by Gasteiger charge is 2.53. The smallest absolute Gasteiger partial charge is 0.115 e. The number of rotatable bonds is 3. The van der Waals surface area contributed by atoms with Gasteiger partial charge >= 0.3 is 0 Å². The minimum absolute atomic E-state index is 0.759. The molecule has 0 spiro atoms. The molecule has 2 bridgehead atoms. The fourth-order valence-electron chi connectivity index (χ4n) is 4.97. The lowest BCUT2D eigenvalue weighted by atomic mass is 9.79. The van der Waals surface area contributed by atoms with Gasteiger partial charge in [-0.2, -0.15) is 0 Å². The Balaban J connectivity index is 1.40. The number of nitrogens with one attached hydrogen (secondary N) is 1. The number of hydrogen-bond donors (Lipinski definition) is 1. The van der Waals surface area contributed by atoms with Crippen molar-refractivity contribution >= 4 is 0 Å². The van der Waals surface area contributed by atoms with Crippen LogP contribution in [0.3, 0.4) is 0 Å². The largest absolute Gasteiger partial charge is 0.310 e. The van der Waals surface area contributed by atoms with Gasteiger partial charge in [-0.3, -0.25) is 0 Å². The second-order valence-corrected chi connectivity index (χ2v) is 6.39.